The van der Waals surface area contributed by atoms with Crippen molar-refractivity contribution in [3.63, 3.8) is 0 Å². The van der Waals surface area contributed by atoms with E-state index in [1.165, 1.54) is 5.56 Å². The van der Waals surface area contributed by atoms with E-state index in [1.54, 1.807) is 11.8 Å². The van der Waals surface area contributed by atoms with Gasteiger partial charge in [-0.2, -0.15) is 0 Å². The van der Waals surface area contributed by atoms with Gasteiger partial charge in [0.15, 0.2) is 0 Å². The summed E-state index contributed by atoms with van der Waals surface area (Å²) < 4.78 is 5.38. The van der Waals surface area contributed by atoms with E-state index in [9.17, 15) is 4.79 Å². The zero-order valence-corrected chi connectivity index (χ0v) is 12.4. The summed E-state index contributed by atoms with van der Waals surface area (Å²) >= 11 is 1.74. The minimum Gasteiger partial charge on any atom is -0.460 e. The average Bonchev–Trinajstić information content (AvgIpc) is 3.04. The molecule has 1 fully saturated rings. The maximum atomic E-state index is 12.1. The predicted octanol–water partition coefficient (Wildman–Crippen LogP) is 3.13. The molecule has 0 saturated carbocycles. The molecule has 0 radical (unpaired) electrons. The molecular weight excluding hydrogens is 282 g/mol. The summed E-state index contributed by atoms with van der Waals surface area (Å²) in [5.74, 6) is 0.567. The summed E-state index contributed by atoms with van der Waals surface area (Å²) in [6.45, 7) is 0.332. The van der Waals surface area contributed by atoms with Crippen LogP contribution in [-0.4, -0.2) is 17.8 Å². The van der Waals surface area contributed by atoms with Gasteiger partial charge in [-0.15, -0.1) is 11.8 Å². The van der Waals surface area contributed by atoms with Gasteiger partial charge in [-0.3, -0.25) is 10.1 Å². The molecule has 2 aromatic carbocycles. The molecule has 0 spiro atoms. The molecule has 3 nitrogen and oxygen atoms in total. The average molecular weight is 299 g/mol. The molecule has 0 amide bonds. The Morgan fingerprint density at radius 1 is 1.10 bits per heavy atom. The highest BCUT2D eigenvalue weighted by Gasteiger charge is 2.31. The largest absolute Gasteiger partial charge is 0.460 e. The number of carbonyl (C=O) groups is 1. The van der Waals surface area contributed by atoms with Gasteiger partial charge in [0.25, 0.3) is 0 Å². The van der Waals surface area contributed by atoms with Crippen LogP contribution in [0.25, 0.3) is 0 Å². The van der Waals surface area contributed by atoms with Gasteiger partial charge in [0, 0.05) is 5.75 Å². The van der Waals surface area contributed by atoms with Crippen LogP contribution in [0.1, 0.15) is 16.5 Å². The molecule has 2 atom stereocenters. The van der Waals surface area contributed by atoms with Crippen molar-refractivity contribution < 1.29 is 9.53 Å². The molecule has 21 heavy (non-hydrogen) atoms. The van der Waals surface area contributed by atoms with Gasteiger partial charge in [0.1, 0.15) is 12.6 Å². The topological polar surface area (TPSA) is 38.3 Å². The van der Waals surface area contributed by atoms with Crippen LogP contribution in [0.4, 0.5) is 0 Å². The Bertz CT molecular complexity index is 588. The molecule has 0 bridgehead atoms. The lowest BCUT2D eigenvalue weighted by Crippen LogP contribution is -2.35. The van der Waals surface area contributed by atoms with E-state index in [1.807, 2.05) is 48.5 Å². The van der Waals surface area contributed by atoms with Crippen molar-refractivity contribution in [3.8, 4) is 0 Å². The van der Waals surface area contributed by atoms with Crippen molar-refractivity contribution in [2.75, 3.05) is 5.75 Å². The Labute approximate surface area is 128 Å². The summed E-state index contributed by atoms with van der Waals surface area (Å²) in [6, 6.07) is 19.7. The summed E-state index contributed by atoms with van der Waals surface area (Å²) in [6.07, 6.45) is 0. The van der Waals surface area contributed by atoms with E-state index in [0.717, 1.165) is 11.3 Å². The zero-order valence-electron chi connectivity index (χ0n) is 11.6. The Hall–Kier alpha value is -1.78. The number of thioether (sulfide) groups is 1. The zero-order chi connectivity index (χ0) is 14.5. The Kier molecular flexibility index (Phi) is 4.58. The van der Waals surface area contributed by atoms with Crippen molar-refractivity contribution in [1.82, 2.24) is 5.32 Å². The highest BCUT2D eigenvalue weighted by molar-refractivity contribution is 7.99. The minimum absolute atomic E-state index is 0.167. The summed E-state index contributed by atoms with van der Waals surface area (Å²) in [7, 11) is 0. The van der Waals surface area contributed by atoms with Crippen LogP contribution in [0.3, 0.4) is 0 Å². The Balaban J connectivity index is 1.53. The molecule has 4 heteroatoms. The number of rotatable bonds is 4. The second-order valence-corrected chi connectivity index (χ2v) is 6.07. The van der Waals surface area contributed by atoms with Gasteiger partial charge in [0.05, 0.1) is 5.37 Å². The number of esters is 1. The Morgan fingerprint density at radius 3 is 2.48 bits per heavy atom. The third kappa shape index (κ3) is 3.65. The van der Waals surface area contributed by atoms with E-state index < -0.39 is 0 Å². The van der Waals surface area contributed by atoms with Crippen LogP contribution in [0.2, 0.25) is 0 Å². The fourth-order valence-electron chi connectivity index (χ4n) is 2.26. The quantitative estimate of drug-likeness (QED) is 0.880. The van der Waals surface area contributed by atoms with E-state index in [0.29, 0.717) is 6.61 Å². The second kappa shape index (κ2) is 6.78. The monoisotopic (exact) mass is 299 g/mol. The first kappa shape index (κ1) is 14.2. The van der Waals surface area contributed by atoms with Crippen molar-refractivity contribution in [2.45, 2.75) is 18.0 Å². The first-order chi connectivity index (χ1) is 10.3. The van der Waals surface area contributed by atoms with Crippen LogP contribution in [0.5, 0.6) is 0 Å². The molecule has 1 aliphatic rings. The molecule has 1 heterocycles. The lowest BCUT2D eigenvalue weighted by atomic mass is 10.2. The third-order valence-electron chi connectivity index (χ3n) is 3.39. The summed E-state index contributed by atoms with van der Waals surface area (Å²) in [5, 5.41) is 3.50. The molecule has 1 aliphatic heterocycles. The third-order valence-corrected chi connectivity index (χ3v) is 4.66. The van der Waals surface area contributed by atoms with Gasteiger partial charge in [-0.05, 0) is 11.1 Å². The number of carbonyl (C=O) groups excluding carboxylic acids is 1. The van der Waals surface area contributed by atoms with Crippen LogP contribution in [0.15, 0.2) is 60.7 Å². The molecule has 2 aromatic rings. The number of hydrogen-bond donors (Lipinski definition) is 1. The number of ether oxygens (including phenoxy) is 1. The van der Waals surface area contributed by atoms with Crippen LogP contribution >= 0.6 is 11.8 Å². The molecule has 0 aliphatic carbocycles. The maximum absolute atomic E-state index is 12.1. The van der Waals surface area contributed by atoms with Crippen molar-refractivity contribution in [3.05, 3.63) is 71.8 Å². The van der Waals surface area contributed by atoms with Crippen LogP contribution in [-0.2, 0) is 16.1 Å². The number of hydrogen-bond acceptors (Lipinski definition) is 4. The SMILES string of the molecule is O=C(OCc1ccccc1)[C@@H]1CSC(c2ccccc2)N1. The van der Waals surface area contributed by atoms with Gasteiger partial charge in [-0.1, -0.05) is 60.7 Å². The molecular formula is C17H17NO2S. The first-order valence-electron chi connectivity index (χ1n) is 6.96. The number of nitrogens with one attached hydrogen (secondary N) is 1. The van der Waals surface area contributed by atoms with Crippen molar-refractivity contribution >= 4 is 17.7 Å². The fourth-order valence-corrected chi connectivity index (χ4v) is 3.48. The van der Waals surface area contributed by atoms with E-state index in [4.69, 9.17) is 4.74 Å². The van der Waals surface area contributed by atoms with E-state index in [-0.39, 0.29) is 17.4 Å². The van der Waals surface area contributed by atoms with Gasteiger partial charge < -0.3 is 4.74 Å². The molecule has 1 N–H and O–H groups in total. The van der Waals surface area contributed by atoms with E-state index >= 15 is 0 Å². The minimum atomic E-state index is -0.232. The fraction of sp³-hybridized carbons (Fsp3) is 0.235. The van der Waals surface area contributed by atoms with Crippen molar-refractivity contribution in [1.29, 1.82) is 0 Å². The lowest BCUT2D eigenvalue weighted by molar-refractivity contribution is -0.146. The van der Waals surface area contributed by atoms with Gasteiger partial charge in [0.2, 0.25) is 0 Å². The Morgan fingerprint density at radius 2 is 1.76 bits per heavy atom. The first-order valence-corrected chi connectivity index (χ1v) is 8.01. The highest BCUT2D eigenvalue weighted by Crippen LogP contribution is 2.32. The smallest absolute Gasteiger partial charge is 0.324 e. The predicted molar refractivity (Wildman–Crippen MR) is 84.8 cm³/mol. The highest BCUT2D eigenvalue weighted by atomic mass is 32.2. The number of benzene rings is 2. The summed E-state index contributed by atoms with van der Waals surface area (Å²) in [4.78, 5) is 12.1. The molecule has 0 aromatic heterocycles. The van der Waals surface area contributed by atoms with Gasteiger partial charge >= 0.3 is 5.97 Å². The lowest BCUT2D eigenvalue weighted by Gasteiger charge is -2.13. The molecule has 1 unspecified atom stereocenters. The summed E-state index contributed by atoms with van der Waals surface area (Å²) in [5.41, 5.74) is 2.21. The normalized spacial score (nSPS) is 21.1. The molecule has 108 valence electrons. The standard InChI is InChI=1S/C17H17NO2S/c19-17(20-11-13-7-3-1-4-8-13)15-12-21-16(18-15)14-9-5-2-6-10-14/h1-10,15-16,18H,11-12H2/t15-,16?/m0/s1. The van der Waals surface area contributed by atoms with Crippen molar-refractivity contribution in [2.24, 2.45) is 0 Å². The maximum Gasteiger partial charge on any atom is 0.324 e. The van der Waals surface area contributed by atoms with Crippen LogP contribution < -0.4 is 5.32 Å². The van der Waals surface area contributed by atoms with E-state index in [2.05, 4.69) is 17.4 Å². The molecule has 1 saturated heterocycles. The molecule has 3 rings (SSSR count). The van der Waals surface area contributed by atoms with Crippen LogP contribution in [0, 0.1) is 0 Å². The second-order valence-electron chi connectivity index (χ2n) is 4.94. The van der Waals surface area contributed by atoms with Gasteiger partial charge in [-0.25, -0.2) is 0 Å².